The Morgan fingerprint density at radius 3 is 2.85 bits per heavy atom. The summed E-state index contributed by atoms with van der Waals surface area (Å²) in [4.78, 5) is 13.5. The topological polar surface area (TPSA) is 78.6 Å². The molecule has 4 N–H and O–H groups in total. The van der Waals surface area contributed by atoms with Crippen molar-refractivity contribution in [3.8, 4) is 0 Å². The number of hydrogen-bond acceptors (Lipinski definition) is 4. The van der Waals surface area contributed by atoms with E-state index < -0.39 is 0 Å². The van der Waals surface area contributed by atoms with Crippen molar-refractivity contribution >= 4 is 23.0 Å². The minimum absolute atomic E-state index is 0.0443. The van der Waals surface area contributed by atoms with E-state index in [9.17, 15) is 9.90 Å². The Kier molecular flexibility index (Phi) is 4.84. The lowest BCUT2D eigenvalue weighted by atomic mass is 10.0. The first kappa shape index (κ1) is 14.7. The Morgan fingerprint density at radius 1 is 1.35 bits per heavy atom. The molecule has 0 aliphatic carbocycles. The van der Waals surface area contributed by atoms with Gasteiger partial charge in [0.15, 0.2) is 0 Å². The number of unbranched alkanes of at least 4 members (excludes halogenated alkanes) is 1. The summed E-state index contributed by atoms with van der Waals surface area (Å²) in [5.74, 6) is 0.0443. The zero-order chi connectivity index (χ0) is 14.5. The number of nitrogens with two attached hydrogens (primary N) is 1. The number of carbonyl (C=O) groups is 1. The summed E-state index contributed by atoms with van der Waals surface area (Å²) in [6.45, 7) is 3.71. The van der Waals surface area contributed by atoms with Gasteiger partial charge in [0.1, 0.15) is 0 Å². The van der Waals surface area contributed by atoms with Gasteiger partial charge in [0.05, 0.1) is 18.0 Å². The minimum Gasteiger partial charge on any atom is -0.397 e. The summed E-state index contributed by atoms with van der Waals surface area (Å²) in [5.41, 5.74) is 9.67. The smallest absolute Gasteiger partial charge is 0.224 e. The number of fused-ring (bicyclic) bond motifs is 1. The number of hydrogen-bond donors (Lipinski definition) is 3. The van der Waals surface area contributed by atoms with Crippen molar-refractivity contribution in [3.05, 3.63) is 17.7 Å². The monoisotopic (exact) mass is 277 g/mol. The van der Waals surface area contributed by atoms with Crippen molar-refractivity contribution in [2.75, 3.05) is 35.6 Å². The number of benzene rings is 1. The zero-order valence-electron chi connectivity index (χ0n) is 12.0. The van der Waals surface area contributed by atoms with Crippen LogP contribution in [0.1, 0.15) is 31.7 Å². The van der Waals surface area contributed by atoms with Crippen molar-refractivity contribution in [3.63, 3.8) is 0 Å². The van der Waals surface area contributed by atoms with E-state index in [-0.39, 0.29) is 12.5 Å². The van der Waals surface area contributed by atoms with Crippen molar-refractivity contribution in [2.24, 2.45) is 0 Å². The Balaban J connectivity index is 2.27. The Hall–Kier alpha value is -1.75. The molecule has 1 aromatic carbocycles. The van der Waals surface area contributed by atoms with Crippen LogP contribution in [0.15, 0.2) is 12.1 Å². The van der Waals surface area contributed by atoms with Gasteiger partial charge in [0.2, 0.25) is 5.91 Å². The molecular formula is C15H23N3O2. The summed E-state index contributed by atoms with van der Waals surface area (Å²) in [5, 5.41) is 12.1. The second-order valence-electron chi connectivity index (χ2n) is 5.18. The fourth-order valence-electron chi connectivity index (χ4n) is 2.53. The SMILES string of the molecule is CCCCN(CCO)c1cc2c(cc1N)NC(=O)CC2. The van der Waals surface area contributed by atoms with E-state index in [1.807, 2.05) is 6.07 Å². The van der Waals surface area contributed by atoms with Crippen LogP contribution in [0, 0.1) is 0 Å². The van der Waals surface area contributed by atoms with E-state index in [1.54, 1.807) is 0 Å². The number of aliphatic hydroxyl groups excluding tert-OH is 1. The van der Waals surface area contributed by atoms with Crippen LogP contribution >= 0.6 is 0 Å². The van der Waals surface area contributed by atoms with Gasteiger partial charge in [-0.1, -0.05) is 13.3 Å². The number of nitrogens with one attached hydrogen (secondary N) is 1. The molecule has 1 aliphatic heterocycles. The molecular weight excluding hydrogens is 254 g/mol. The maximum Gasteiger partial charge on any atom is 0.224 e. The Bertz CT molecular complexity index is 488. The molecule has 5 heteroatoms. The lowest BCUT2D eigenvalue weighted by molar-refractivity contribution is -0.116. The summed E-state index contributed by atoms with van der Waals surface area (Å²) >= 11 is 0. The molecule has 1 amide bonds. The second-order valence-corrected chi connectivity index (χ2v) is 5.18. The molecule has 1 aromatic rings. The number of amides is 1. The van der Waals surface area contributed by atoms with Crippen LogP contribution in [0.2, 0.25) is 0 Å². The number of nitrogen functional groups attached to an aromatic ring is 1. The standard InChI is InChI=1S/C15H23N3O2/c1-2-3-6-18(7-8-19)14-9-11-4-5-15(20)17-13(11)10-12(14)16/h9-10,19H,2-8,16H2,1H3,(H,17,20). The summed E-state index contributed by atoms with van der Waals surface area (Å²) < 4.78 is 0. The molecule has 5 nitrogen and oxygen atoms in total. The highest BCUT2D eigenvalue weighted by molar-refractivity contribution is 5.95. The first-order valence-corrected chi connectivity index (χ1v) is 7.23. The van der Waals surface area contributed by atoms with Gasteiger partial charge in [0, 0.05) is 25.2 Å². The van der Waals surface area contributed by atoms with Crippen LogP contribution in [-0.2, 0) is 11.2 Å². The quantitative estimate of drug-likeness (QED) is 0.692. The molecule has 0 bridgehead atoms. The summed E-state index contributed by atoms with van der Waals surface area (Å²) in [6.07, 6.45) is 3.43. The lowest BCUT2D eigenvalue weighted by Gasteiger charge is -2.28. The summed E-state index contributed by atoms with van der Waals surface area (Å²) in [7, 11) is 0. The molecule has 0 spiro atoms. The fourth-order valence-corrected chi connectivity index (χ4v) is 2.53. The normalized spacial score (nSPS) is 13.8. The van der Waals surface area contributed by atoms with Gasteiger partial charge in [-0.2, -0.15) is 0 Å². The number of aliphatic hydroxyl groups is 1. The number of carbonyl (C=O) groups excluding carboxylic acids is 1. The molecule has 0 aromatic heterocycles. The number of rotatable bonds is 6. The average Bonchev–Trinajstić information content (AvgIpc) is 2.43. The Morgan fingerprint density at radius 2 is 2.15 bits per heavy atom. The van der Waals surface area contributed by atoms with E-state index in [4.69, 9.17) is 5.73 Å². The van der Waals surface area contributed by atoms with Gasteiger partial charge < -0.3 is 21.1 Å². The predicted octanol–water partition coefficient (Wildman–Crippen LogP) is 1.75. The van der Waals surface area contributed by atoms with Crippen LogP contribution in [0.3, 0.4) is 0 Å². The molecule has 20 heavy (non-hydrogen) atoms. The molecule has 1 aliphatic rings. The molecule has 0 radical (unpaired) electrons. The van der Waals surface area contributed by atoms with Crippen LogP contribution < -0.4 is 16.0 Å². The van der Waals surface area contributed by atoms with Gasteiger partial charge >= 0.3 is 0 Å². The van der Waals surface area contributed by atoms with Gasteiger partial charge in [0.25, 0.3) is 0 Å². The third kappa shape index (κ3) is 3.22. The molecule has 0 saturated heterocycles. The number of anilines is 3. The third-order valence-electron chi connectivity index (χ3n) is 3.64. The largest absolute Gasteiger partial charge is 0.397 e. The van der Waals surface area contributed by atoms with Crippen molar-refractivity contribution < 1.29 is 9.90 Å². The van der Waals surface area contributed by atoms with E-state index in [0.717, 1.165) is 42.7 Å². The number of aryl methyl sites for hydroxylation is 1. The second kappa shape index (κ2) is 6.61. The highest BCUT2D eigenvalue weighted by Crippen LogP contribution is 2.33. The van der Waals surface area contributed by atoms with Crippen molar-refractivity contribution in [1.29, 1.82) is 0 Å². The molecule has 0 fully saturated rings. The molecule has 110 valence electrons. The van der Waals surface area contributed by atoms with E-state index >= 15 is 0 Å². The first-order chi connectivity index (χ1) is 9.65. The average molecular weight is 277 g/mol. The molecule has 0 atom stereocenters. The van der Waals surface area contributed by atoms with E-state index in [1.165, 1.54) is 0 Å². The third-order valence-corrected chi connectivity index (χ3v) is 3.64. The van der Waals surface area contributed by atoms with Crippen LogP contribution in [0.5, 0.6) is 0 Å². The Labute approximate surface area is 119 Å². The predicted molar refractivity (Wildman–Crippen MR) is 82.0 cm³/mol. The lowest BCUT2D eigenvalue weighted by Crippen LogP contribution is -2.29. The van der Waals surface area contributed by atoms with Crippen molar-refractivity contribution in [1.82, 2.24) is 0 Å². The molecule has 0 unspecified atom stereocenters. The van der Waals surface area contributed by atoms with Crippen LogP contribution in [-0.4, -0.2) is 30.7 Å². The molecule has 0 saturated carbocycles. The minimum atomic E-state index is 0.0443. The highest BCUT2D eigenvalue weighted by Gasteiger charge is 2.18. The van der Waals surface area contributed by atoms with Crippen LogP contribution in [0.25, 0.3) is 0 Å². The maximum absolute atomic E-state index is 11.4. The molecule has 2 rings (SSSR count). The van der Waals surface area contributed by atoms with Gasteiger partial charge in [-0.05, 0) is 30.5 Å². The van der Waals surface area contributed by atoms with Crippen molar-refractivity contribution in [2.45, 2.75) is 32.6 Å². The zero-order valence-corrected chi connectivity index (χ0v) is 12.0. The van der Waals surface area contributed by atoms with Gasteiger partial charge in [-0.15, -0.1) is 0 Å². The van der Waals surface area contributed by atoms with E-state index in [2.05, 4.69) is 23.2 Å². The van der Waals surface area contributed by atoms with Gasteiger partial charge in [-0.25, -0.2) is 0 Å². The number of nitrogens with zero attached hydrogens (tertiary/aromatic N) is 1. The highest BCUT2D eigenvalue weighted by atomic mass is 16.3. The molecule has 1 heterocycles. The van der Waals surface area contributed by atoms with E-state index in [0.29, 0.717) is 18.7 Å². The van der Waals surface area contributed by atoms with Crippen LogP contribution in [0.4, 0.5) is 17.1 Å². The fraction of sp³-hybridized carbons (Fsp3) is 0.533. The van der Waals surface area contributed by atoms with Gasteiger partial charge in [-0.3, -0.25) is 4.79 Å². The first-order valence-electron chi connectivity index (χ1n) is 7.23. The maximum atomic E-state index is 11.4. The summed E-state index contributed by atoms with van der Waals surface area (Å²) in [6, 6.07) is 3.88.